The quantitative estimate of drug-likeness (QED) is 0.474. The zero-order valence-corrected chi connectivity index (χ0v) is 12.0. The van der Waals surface area contributed by atoms with Crippen LogP contribution in [0.3, 0.4) is 0 Å². The topological polar surface area (TPSA) is 38.9 Å². The molecule has 2 aromatic rings. The summed E-state index contributed by atoms with van der Waals surface area (Å²) in [5.41, 5.74) is -0.820. The molecule has 0 amide bonds. The van der Waals surface area contributed by atoms with Gasteiger partial charge in [-0.1, -0.05) is 32.9 Å². The first kappa shape index (κ1) is 15.5. The van der Waals surface area contributed by atoms with Crippen LogP contribution in [0, 0.1) is 23.3 Å². The van der Waals surface area contributed by atoms with Gasteiger partial charge in [0.2, 0.25) is 11.7 Å². The lowest BCUT2D eigenvalue weighted by molar-refractivity contribution is 0.365. The molecule has 0 N–H and O–H groups in total. The van der Waals surface area contributed by atoms with Crippen LogP contribution >= 0.6 is 0 Å². The fourth-order valence-electron chi connectivity index (χ4n) is 1.98. The lowest BCUT2D eigenvalue weighted by Gasteiger charge is -2.13. The minimum absolute atomic E-state index is 0.132. The molecule has 0 saturated carbocycles. The van der Waals surface area contributed by atoms with Crippen LogP contribution < -0.4 is 0 Å². The SMILES string of the molecule is CC(C)c1nc(-c2c(F)c(F)c(F)c(F)c2C(C)C)no1. The van der Waals surface area contributed by atoms with Crippen LogP contribution in [0.25, 0.3) is 11.4 Å². The van der Waals surface area contributed by atoms with Crippen molar-refractivity contribution < 1.29 is 22.1 Å². The number of hydrogen-bond donors (Lipinski definition) is 0. The largest absolute Gasteiger partial charge is 0.339 e. The van der Waals surface area contributed by atoms with E-state index < -0.39 is 34.8 Å². The van der Waals surface area contributed by atoms with Crippen LogP contribution in [-0.2, 0) is 0 Å². The number of aromatic nitrogens is 2. The van der Waals surface area contributed by atoms with Crippen molar-refractivity contribution >= 4 is 0 Å². The number of rotatable bonds is 3. The van der Waals surface area contributed by atoms with Crippen molar-refractivity contribution in [3.63, 3.8) is 0 Å². The Kier molecular flexibility index (Phi) is 4.02. The minimum Gasteiger partial charge on any atom is -0.339 e. The molecule has 0 unspecified atom stereocenters. The fraction of sp³-hybridized carbons (Fsp3) is 0.429. The molecule has 0 spiro atoms. The third kappa shape index (κ3) is 2.52. The van der Waals surface area contributed by atoms with E-state index in [-0.39, 0.29) is 23.2 Å². The van der Waals surface area contributed by atoms with E-state index in [1.165, 1.54) is 13.8 Å². The Morgan fingerprint density at radius 1 is 0.810 bits per heavy atom. The highest BCUT2D eigenvalue weighted by molar-refractivity contribution is 5.62. The summed E-state index contributed by atoms with van der Waals surface area (Å²) in [5, 5.41) is 3.54. The highest BCUT2D eigenvalue weighted by Gasteiger charge is 2.30. The van der Waals surface area contributed by atoms with Crippen LogP contribution in [0.2, 0.25) is 0 Å². The van der Waals surface area contributed by atoms with Gasteiger partial charge in [0.05, 0.1) is 5.56 Å². The maximum atomic E-state index is 14.1. The van der Waals surface area contributed by atoms with Crippen molar-refractivity contribution in [2.24, 2.45) is 0 Å². The molecule has 114 valence electrons. The van der Waals surface area contributed by atoms with Gasteiger partial charge in [-0.25, -0.2) is 17.6 Å². The second kappa shape index (κ2) is 5.46. The fourth-order valence-corrected chi connectivity index (χ4v) is 1.98. The summed E-state index contributed by atoms with van der Waals surface area (Å²) in [7, 11) is 0. The monoisotopic (exact) mass is 302 g/mol. The predicted octanol–water partition coefficient (Wildman–Crippen LogP) is 4.54. The van der Waals surface area contributed by atoms with Gasteiger partial charge in [0.15, 0.2) is 23.3 Å². The lowest BCUT2D eigenvalue weighted by Crippen LogP contribution is -2.08. The molecular formula is C14H14F4N2O. The zero-order valence-electron chi connectivity index (χ0n) is 12.0. The highest BCUT2D eigenvalue weighted by atomic mass is 19.2. The summed E-state index contributed by atoms with van der Waals surface area (Å²) < 4.78 is 59.8. The molecule has 7 heteroatoms. The molecular weight excluding hydrogens is 288 g/mol. The number of halogens is 4. The number of hydrogen-bond acceptors (Lipinski definition) is 3. The van der Waals surface area contributed by atoms with Gasteiger partial charge in [0, 0.05) is 11.5 Å². The predicted molar refractivity (Wildman–Crippen MR) is 67.7 cm³/mol. The van der Waals surface area contributed by atoms with Gasteiger partial charge in [0.25, 0.3) is 0 Å². The molecule has 0 aliphatic rings. The number of benzene rings is 1. The zero-order chi connectivity index (χ0) is 15.9. The summed E-state index contributed by atoms with van der Waals surface area (Å²) in [4.78, 5) is 3.92. The molecule has 0 atom stereocenters. The number of nitrogens with zero attached hydrogens (tertiary/aromatic N) is 2. The van der Waals surface area contributed by atoms with E-state index in [1.807, 2.05) is 0 Å². The second-order valence-corrected chi connectivity index (χ2v) is 5.31. The molecule has 0 radical (unpaired) electrons. The van der Waals surface area contributed by atoms with E-state index in [1.54, 1.807) is 13.8 Å². The van der Waals surface area contributed by atoms with E-state index in [0.717, 1.165) is 0 Å². The Morgan fingerprint density at radius 3 is 1.86 bits per heavy atom. The maximum Gasteiger partial charge on any atom is 0.229 e. The first-order chi connectivity index (χ1) is 9.75. The van der Waals surface area contributed by atoms with Crippen molar-refractivity contribution in [1.82, 2.24) is 10.1 Å². The summed E-state index contributed by atoms with van der Waals surface area (Å²) in [6.45, 7) is 6.59. The molecule has 2 rings (SSSR count). The standard InChI is InChI=1S/C14H14F4N2O/c1-5(2)7-8(10(16)12(18)11(17)9(7)15)13-19-14(6(3)4)21-20-13/h5-6H,1-4H3. The van der Waals surface area contributed by atoms with Crippen molar-refractivity contribution in [2.75, 3.05) is 0 Å². The summed E-state index contributed by atoms with van der Waals surface area (Å²) in [6.07, 6.45) is 0. The molecule has 1 aromatic carbocycles. The molecule has 0 aliphatic heterocycles. The first-order valence-electron chi connectivity index (χ1n) is 6.45. The van der Waals surface area contributed by atoms with E-state index in [0.29, 0.717) is 0 Å². The Hall–Kier alpha value is -1.92. The smallest absolute Gasteiger partial charge is 0.229 e. The average molecular weight is 302 g/mol. The minimum atomic E-state index is -1.89. The van der Waals surface area contributed by atoms with Crippen molar-refractivity contribution in [3.8, 4) is 11.4 Å². The molecule has 1 aromatic heterocycles. The average Bonchev–Trinajstić information content (AvgIpc) is 2.89. The summed E-state index contributed by atoms with van der Waals surface area (Å²) in [6, 6.07) is 0. The normalized spacial score (nSPS) is 11.7. The van der Waals surface area contributed by atoms with Gasteiger partial charge in [-0.2, -0.15) is 4.98 Å². The molecule has 1 heterocycles. The highest BCUT2D eigenvalue weighted by Crippen LogP contribution is 2.35. The van der Waals surface area contributed by atoms with Crippen molar-refractivity contribution in [1.29, 1.82) is 0 Å². The van der Waals surface area contributed by atoms with E-state index in [4.69, 9.17) is 4.52 Å². The Balaban J connectivity index is 2.77. The molecule has 0 bridgehead atoms. The summed E-state index contributed by atoms with van der Waals surface area (Å²) in [5.74, 6) is -7.50. The molecule has 3 nitrogen and oxygen atoms in total. The van der Waals surface area contributed by atoms with Gasteiger partial charge in [-0.05, 0) is 5.92 Å². The van der Waals surface area contributed by atoms with E-state index in [2.05, 4.69) is 10.1 Å². The first-order valence-corrected chi connectivity index (χ1v) is 6.45. The second-order valence-electron chi connectivity index (χ2n) is 5.31. The Morgan fingerprint density at radius 2 is 1.38 bits per heavy atom. The third-order valence-electron chi connectivity index (χ3n) is 3.04. The molecule has 21 heavy (non-hydrogen) atoms. The molecule has 0 saturated heterocycles. The van der Waals surface area contributed by atoms with Crippen LogP contribution in [0.4, 0.5) is 17.6 Å². The Labute approximate surface area is 119 Å². The van der Waals surface area contributed by atoms with Gasteiger partial charge in [-0.15, -0.1) is 0 Å². The van der Waals surface area contributed by atoms with Crippen LogP contribution in [0.5, 0.6) is 0 Å². The van der Waals surface area contributed by atoms with E-state index >= 15 is 0 Å². The van der Waals surface area contributed by atoms with Gasteiger partial charge in [0.1, 0.15) is 0 Å². The van der Waals surface area contributed by atoms with Crippen molar-refractivity contribution in [2.45, 2.75) is 39.5 Å². The Bertz CT molecular complexity index is 680. The maximum absolute atomic E-state index is 14.1. The van der Waals surface area contributed by atoms with Gasteiger partial charge in [-0.3, -0.25) is 0 Å². The van der Waals surface area contributed by atoms with Gasteiger partial charge >= 0.3 is 0 Å². The van der Waals surface area contributed by atoms with Crippen LogP contribution in [0.1, 0.15) is 51.0 Å². The van der Waals surface area contributed by atoms with Gasteiger partial charge < -0.3 is 4.52 Å². The summed E-state index contributed by atoms with van der Waals surface area (Å²) >= 11 is 0. The van der Waals surface area contributed by atoms with Crippen LogP contribution in [0.15, 0.2) is 4.52 Å². The lowest BCUT2D eigenvalue weighted by atomic mass is 9.95. The molecule has 0 aliphatic carbocycles. The van der Waals surface area contributed by atoms with Crippen molar-refractivity contribution in [3.05, 3.63) is 34.7 Å². The third-order valence-corrected chi connectivity index (χ3v) is 3.04. The molecule has 0 fully saturated rings. The van der Waals surface area contributed by atoms with Crippen LogP contribution in [-0.4, -0.2) is 10.1 Å². The van der Waals surface area contributed by atoms with E-state index in [9.17, 15) is 17.6 Å².